The highest BCUT2D eigenvalue weighted by atomic mass is 16.2. The lowest BCUT2D eigenvalue weighted by Crippen LogP contribution is -2.53. The zero-order valence-corrected chi connectivity index (χ0v) is 18.2. The second kappa shape index (κ2) is 8.41. The molecule has 166 valence electrons. The zero-order valence-electron chi connectivity index (χ0n) is 18.2. The van der Waals surface area contributed by atoms with Gasteiger partial charge in [0.25, 0.3) is 5.91 Å². The average Bonchev–Trinajstić information content (AvgIpc) is 3.10. The van der Waals surface area contributed by atoms with E-state index >= 15 is 0 Å². The minimum absolute atomic E-state index is 0.123. The molecule has 3 fully saturated rings. The van der Waals surface area contributed by atoms with Crippen LogP contribution in [0.15, 0.2) is 60.7 Å². The van der Waals surface area contributed by atoms with E-state index < -0.39 is 17.5 Å². The molecule has 4 amide bonds. The number of likely N-dealkylation sites (tertiary alicyclic amines) is 1. The summed E-state index contributed by atoms with van der Waals surface area (Å²) in [7, 11) is 0. The monoisotopic (exact) mass is 431 g/mol. The number of benzene rings is 2. The number of hydrogen-bond donors (Lipinski definition) is 1. The summed E-state index contributed by atoms with van der Waals surface area (Å²) < 4.78 is 0. The molecule has 0 aromatic heterocycles. The molecular weight excluding hydrogens is 402 g/mol. The Bertz CT molecular complexity index is 966. The highest BCUT2D eigenvalue weighted by Crippen LogP contribution is 2.37. The number of carbonyl (C=O) groups excluding carboxylic acids is 3. The zero-order chi connectivity index (χ0) is 22.1. The molecule has 0 unspecified atom stereocenters. The molecule has 1 aliphatic carbocycles. The number of piperidine rings is 1. The van der Waals surface area contributed by atoms with Gasteiger partial charge in [-0.1, -0.05) is 73.5 Å². The van der Waals surface area contributed by atoms with Gasteiger partial charge in [-0.05, 0) is 42.7 Å². The Balaban J connectivity index is 1.44. The van der Waals surface area contributed by atoms with E-state index in [1.54, 1.807) is 0 Å². The SMILES string of the molecule is O=C1NC(c2ccccc2)(c2ccccc2)C(=O)N1CC(=O)N1CCC[C@@H]2CCCC[C@@H]21. The van der Waals surface area contributed by atoms with Crippen molar-refractivity contribution in [2.24, 2.45) is 5.92 Å². The maximum Gasteiger partial charge on any atom is 0.326 e. The largest absolute Gasteiger partial charge is 0.338 e. The third kappa shape index (κ3) is 3.38. The Morgan fingerprint density at radius 1 is 0.875 bits per heavy atom. The number of carbonyl (C=O) groups is 3. The summed E-state index contributed by atoms with van der Waals surface area (Å²) in [5.74, 6) is 0.0322. The predicted molar refractivity (Wildman–Crippen MR) is 121 cm³/mol. The summed E-state index contributed by atoms with van der Waals surface area (Å²) in [6.07, 6.45) is 6.72. The third-order valence-electron chi connectivity index (χ3n) is 7.38. The van der Waals surface area contributed by atoms with Crippen molar-refractivity contribution in [2.45, 2.75) is 50.1 Å². The van der Waals surface area contributed by atoms with Crippen LogP contribution in [0, 0.1) is 5.92 Å². The lowest BCUT2D eigenvalue weighted by atomic mass is 9.78. The Morgan fingerprint density at radius 3 is 2.12 bits per heavy atom. The Morgan fingerprint density at radius 2 is 1.47 bits per heavy atom. The molecule has 0 spiro atoms. The minimum atomic E-state index is -1.32. The van der Waals surface area contributed by atoms with Crippen molar-refractivity contribution in [3.8, 4) is 0 Å². The van der Waals surface area contributed by atoms with Gasteiger partial charge in [0, 0.05) is 12.6 Å². The van der Waals surface area contributed by atoms with Gasteiger partial charge in [0.15, 0.2) is 5.54 Å². The number of nitrogens with one attached hydrogen (secondary N) is 1. The molecule has 6 nitrogen and oxygen atoms in total. The number of fused-ring (bicyclic) bond motifs is 1. The quantitative estimate of drug-likeness (QED) is 0.751. The first-order valence-electron chi connectivity index (χ1n) is 11.7. The number of rotatable bonds is 4. The fourth-order valence-corrected chi connectivity index (χ4v) is 5.81. The van der Waals surface area contributed by atoms with Gasteiger partial charge in [-0.25, -0.2) is 4.79 Å². The van der Waals surface area contributed by atoms with Crippen molar-refractivity contribution in [1.29, 1.82) is 0 Å². The second-order valence-electron chi connectivity index (χ2n) is 9.14. The Kier molecular flexibility index (Phi) is 5.45. The number of hydrogen-bond acceptors (Lipinski definition) is 3. The average molecular weight is 432 g/mol. The molecule has 2 heterocycles. The number of nitrogens with zero attached hydrogens (tertiary/aromatic N) is 2. The van der Waals surface area contributed by atoms with E-state index in [0.29, 0.717) is 23.6 Å². The standard InChI is InChI=1S/C26H29N3O3/c30-23(28-17-9-11-19-10-7-8-16-22(19)28)18-29-24(31)26(27-25(29)32,20-12-3-1-4-13-20)21-14-5-2-6-15-21/h1-6,12-15,19,22H,7-11,16-18H2,(H,27,32)/t19-,22-/m0/s1. The maximum atomic E-state index is 13.8. The lowest BCUT2D eigenvalue weighted by Gasteiger charge is -2.44. The van der Waals surface area contributed by atoms with Crippen LogP contribution in [0.3, 0.4) is 0 Å². The normalized spacial score (nSPS) is 24.8. The van der Waals surface area contributed by atoms with Crippen LogP contribution in [0.25, 0.3) is 0 Å². The van der Waals surface area contributed by atoms with Crippen molar-refractivity contribution in [3.63, 3.8) is 0 Å². The molecule has 6 heteroatoms. The van der Waals surface area contributed by atoms with E-state index in [0.717, 1.165) is 24.2 Å². The maximum absolute atomic E-state index is 13.8. The van der Waals surface area contributed by atoms with E-state index in [9.17, 15) is 14.4 Å². The number of imide groups is 1. The van der Waals surface area contributed by atoms with E-state index in [-0.39, 0.29) is 18.5 Å². The molecule has 0 radical (unpaired) electrons. The fraction of sp³-hybridized carbons (Fsp3) is 0.423. The van der Waals surface area contributed by atoms with Gasteiger partial charge in [0.2, 0.25) is 5.91 Å². The van der Waals surface area contributed by atoms with Crippen LogP contribution in [-0.2, 0) is 15.1 Å². The molecule has 5 rings (SSSR count). The van der Waals surface area contributed by atoms with Crippen molar-refractivity contribution in [2.75, 3.05) is 13.1 Å². The first-order valence-corrected chi connectivity index (χ1v) is 11.7. The minimum Gasteiger partial charge on any atom is -0.338 e. The van der Waals surface area contributed by atoms with Crippen LogP contribution in [0.1, 0.15) is 49.7 Å². The lowest BCUT2D eigenvalue weighted by molar-refractivity contribution is -0.142. The molecule has 2 atom stereocenters. The molecule has 0 bridgehead atoms. The van der Waals surface area contributed by atoms with Crippen molar-refractivity contribution < 1.29 is 14.4 Å². The van der Waals surface area contributed by atoms with Gasteiger partial charge in [0.1, 0.15) is 6.54 Å². The molecule has 1 N–H and O–H groups in total. The molecule has 2 aliphatic heterocycles. The second-order valence-corrected chi connectivity index (χ2v) is 9.14. The highest BCUT2D eigenvalue weighted by molar-refractivity contribution is 6.11. The van der Waals surface area contributed by atoms with Gasteiger partial charge in [-0.15, -0.1) is 0 Å². The summed E-state index contributed by atoms with van der Waals surface area (Å²) in [5, 5.41) is 2.93. The topological polar surface area (TPSA) is 69.7 Å². The fourth-order valence-electron chi connectivity index (χ4n) is 5.81. The van der Waals surface area contributed by atoms with Crippen LogP contribution < -0.4 is 5.32 Å². The Labute approximate surface area is 188 Å². The molecule has 3 aliphatic rings. The predicted octanol–water partition coefficient (Wildman–Crippen LogP) is 3.66. The summed E-state index contributed by atoms with van der Waals surface area (Å²) in [4.78, 5) is 43.3. The molecule has 2 saturated heterocycles. The van der Waals surface area contributed by atoms with E-state index in [2.05, 4.69) is 5.32 Å². The molecule has 2 aromatic carbocycles. The third-order valence-corrected chi connectivity index (χ3v) is 7.38. The van der Waals surface area contributed by atoms with Gasteiger partial charge < -0.3 is 10.2 Å². The first kappa shape index (κ1) is 20.7. The Hall–Kier alpha value is -3.15. The van der Waals surface area contributed by atoms with E-state index in [1.165, 1.54) is 19.3 Å². The summed E-state index contributed by atoms with van der Waals surface area (Å²) in [6, 6.07) is 18.3. The molecule has 32 heavy (non-hydrogen) atoms. The van der Waals surface area contributed by atoms with Crippen LogP contribution in [0.4, 0.5) is 4.79 Å². The van der Waals surface area contributed by atoms with Crippen molar-refractivity contribution in [3.05, 3.63) is 71.8 Å². The van der Waals surface area contributed by atoms with Crippen LogP contribution in [0.5, 0.6) is 0 Å². The molecule has 2 aromatic rings. The van der Waals surface area contributed by atoms with Crippen molar-refractivity contribution in [1.82, 2.24) is 15.1 Å². The van der Waals surface area contributed by atoms with E-state index in [4.69, 9.17) is 0 Å². The smallest absolute Gasteiger partial charge is 0.326 e. The van der Waals surface area contributed by atoms with Crippen molar-refractivity contribution >= 4 is 17.8 Å². The molecule has 1 saturated carbocycles. The number of urea groups is 1. The summed E-state index contributed by atoms with van der Waals surface area (Å²) in [6.45, 7) is 0.501. The highest BCUT2D eigenvalue weighted by Gasteiger charge is 2.54. The first-order chi connectivity index (χ1) is 15.6. The molecular formula is C26H29N3O3. The van der Waals surface area contributed by atoms with Crippen LogP contribution in [-0.4, -0.2) is 46.8 Å². The van der Waals surface area contributed by atoms with E-state index in [1.807, 2.05) is 65.6 Å². The van der Waals surface area contributed by atoms with Gasteiger partial charge in [-0.3, -0.25) is 14.5 Å². The van der Waals surface area contributed by atoms with Crippen LogP contribution >= 0.6 is 0 Å². The van der Waals surface area contributed by atoms with Gasteiger partial charge >= 0.3 is 6.03 Å². The van der Waals surface area contributed by atoms with Gasteiger partial charge in [0.05, 0.1) is 0 Å². The number of amides is 4. The summed E-state index contributed by atoms with van der Waals surface area (Å²) in [5.41, 5.74) is 0.0458. The van der Waals surface area contributed by atoms with Crippen LogP contribution in [0.2, 0.25) is 0 Å². The summed E-state index contributed by atoms with van der Waals surface area (Å²) >= 11 is 0. The van der Waals surface area contributed by atoms with Gasteiger partial charge in [-0.2, -0.15) is 0 Å².